The normalized spacial score (nSPS) is 10.1. The van der Waals surface area contributed by atoms with E-state index in [1.807, 2.05) is 30.3 Å². The molecule has 0 radical (unpaired) electrons. The second-order valence-electron chi connectivity index (χ2n) is 7.30. The predicted octanol–water partition coefficient (Wildman–Crippen LogP) is 4.45. The van der Waals surface area contributed by atoms with Crippen molar-refractivity contribution in [1.82, 2.24) is 5.32 Å². The van der Waals surface area contributed by atoms with Crippen LogP contribution in [-0.4, -0.2) is 38.7 Å². The predicted molar refractivity (Wildman–Crippen MR) is 132 cm³/mol. The molecular formula is C26H27N3O6. The number of ether oxygens (including phenoxy) is 3. The Morgan fingerprint density at radius 2 is 1.49 bits per heavy atom. The first-order valence-corrected chi connectivity index (χ1v) is 10.9. The zero-order chi connectivity index (χ0) is 25.2. The van der Waals surface area contributed by atoms with Crippen molar-refractivity contribution in [1.29, 1.82) is 0 Å². The Morgan fingerprint density at radius 1 is 0.829 bits per heavy atom. The number of esters is 1. The van der Waals surface area contributed by atoms with Gasteiger partial charge >= 0.3 is 12.0 Å². The Kier molecular flexibility index (Phi) is 8.66. The van der Waals surface area contributed by atoms with Gasteiger partial charge in [-0.15, -0.1) is 0 Å². The summed E-state index contributed by atoms with van der Waals surface area (Å²) in [6, 6.07) is 18.5. The lowest BCUT2D eigenvalue weighted by Gasteiger charge is -2.15. The van der Waals surface area contributed by atoms with Crippen molar-refractivity contribution in [3.63, 3.8) is 0 Å². The fourth-order valence-corrected chi connectivity index (χ4v) is 3.21. The largest absolute Gasteiger partial charge is 0.493 e. The van der Waals surface area contributed by atoms with E-state index in [1.165, 1.54) is 26.4 Å². The summed E-state index contributed by atoms with van der Waals surface area (Å²) in [5, 5.41) is 8.21. The molecule has 3 aromatic rings. The van der Waals surface area contributed by atoms with E-state index < -0.39 is 11.9 Å². The molecule has 0 bridgehead atoms. The highest BCUT2D eigenvalue weighted by molar-refractivity contribution is 6.08. The van der Waals surface area contributed by atoms with Gasteiger partial charge in [-0.1, -0.05) is 30.3 Å². The lowest BCUT2D eigenvalue weighted by molar-refractivity contribution is 0.0527. The molecule has 3 aromatic carbocycles. The summed E-state index contributed by atoms with van der Waals surface area (Å²) in [5.41, 5.74) is 2.17. The van der Waals surface area contributed by atoms with E-state index in [9.17, 15) is 14.4 Å². The minimum absolute atomic E-state index is 0.131. The first kappa shape index (κ1) is 25.1. The molecule has 9 heteroatoms. The summed E-state index contributed by atoms with van der Waals surface area (Å²) >= 11 is 0. The zero-order valence-electron chi connectivity index (χ0n) is 19.7. The first-order chi connectivity index (χ1) is 16.9. The number of hydrogen-bond donors (Lipinski definition) is 3. The van der Waals surface area contributed by atoms with Gasteiger partial charge in [-0.2, -0.15) is 0 Å². The van der Waals surface area contributed by atoms with Gasteiger partial charge in [0.25, 0.3) is 5.91 Å². The van der Waals surface area contributed by atoms with Crippen molar-refractivity contribution in [2.75, 3.05) is 31.5 Å². The van der Waals surface area contributed by atoms with Gasteiger partial charge < -0.3 is 30.2 Å². The van der Waals surface area contributed by atoms with E-state index in [4.69, 9.17) is 14.2 Å². The van der Waals surface area contributed by atoms with Crippen molar-refractivity contribution < 1.29 is 28.6 Å². The van der Waals surface area contributed by atoms with Crippen LogP contribution in [0.1, 0.15) is 33.2 Å². The third kappa shape index (κ3) is 6.73. The first-order valence-electron chi connectivity index (χ1n) is 10.9. The fourth-order valence-electron chi connectivity index (χ4n) is 3.21. The molecular weight excluding hydrogens is 450 g/mol. The maximum Gasteiger partial charge on any atom is 0.340 e. The fraction of sp³-hybridized carbons (Fsp3) is 0.192. The van der Waals surface area contributed by atoms with Crippen LogP contribution in [0.15, 0.2) is 66.7 Å². The molecule has 0 saturated carbocycles. The number of nitrogens with one attached hydrogen (secondary N) is 3. The van der Waals surface area contributed by atoms with Gasteiger partial charge in [0, 0.05) is 29.9 Å². The van der Waals surface area contributed by atoms with Crippen molar-refractivity contribution in [2.24, 2.45) is 0 Å². The molecule has 35 heavy (non-hydrogen) atoms. The number of urea groups is 1. The van der Waals surface area contributed by atoms with E-state index in [1.54, 1.807) is 31.2 Å². The number of carbonyl (C=O) groups is 3. The molecule has 182 valence electrons. The van der Waals surface area contributed by atoms with Crippen LogP contribution in [0, 0.1) is 0 Å². The number of hydrogen-bond acceptors (Lipinski definition) is 6. The molecule has 0 aromatic heterocycles. The standard InChI is InChI=1S/C26H27N3O6/c1-4-35-25(31)20-14-22(33-2)23(34-3)15-21(20)29-24(30)18-10-12-19(13-11-18)28-26(32)27-16-17-8-6-5-7-9-17/h5-15H,4,16H2,1-3H3,(H,29,30)(H2,27,28,32). The van der Waals surface area contributed by atoms with Crippen LogP contribution in [0.3, 0.4) is 0 Å². The minimum atomic E-state index is -0.607. The molecule has 0 atom stereocenters. The third-order valence-electron chi connectivity index (χ3n) is 4.97. The topological polar surface area (TPSA) is 115 Å². The van der Waals surface area contributed by atoms with E-state index in [0.29, 0.717) is 29.3 Å². The highest BCUT2D eigenvalue weighted by Crippen LogP contribution is 2.34. The summed E-state index contributed by atoms with van der Waals surface area (Å²) < 4.78 is 15.6. The van der Waals surface area contributed by atoms with Gasteiger partial charge in [0.15, 0.2) is 11.5 Å². The molecule has 0 unspecified atom stereocenters. The lowest BCUT2D eigenvalue weighted by Crippen LogP contribution is -2.28. The Labute approximate surface area is 203 Å². The van der Waals surface area contributed by atoms with Gasteiger partial charge in [-0.05, 0) is 36.8 Å². The molecule has 3 N–H and O–H groups in total. The summed E-state index contributed by atoms with van der Waals surface area (Å²) in [6.07, 6.45) is 0. The Morgan fingerprint density at radius 3 is 2.11 bits per heavy atom. The molecule has 0 heterocycles. The van der Waals surface area contributed by atoms with Crippen LogP contribution >= 0.6 is 0 Å². The average molecular weight is 478 g/mol. The third-order valence-corrected chi connectivity index (χ3v) is 4.97. The number of benzene rings is 3. The van der Waals surface area contributed by atoms with Gasteiger partial charge in [0.2, 0.25) is 0 Å². The Hall–Kier alpha value is -4.53. The highest BCUT2D eigenvalue weighted by atomic mass is 16.5. The molecule has 3 amide bonds. The number of rotatable bonds is 9. The number of amides is 3. The summed E-state index contributed by atoms with van der Waals surface area (Å²) in [5.74, 6) is -0.390. The van der Waals surface area contributed by atoms with Crippen molar-refractivity contribution in [3.8, 4) is 11.5 Å². The molecule has 3 rings (SSSR count). The number of carbonyl (C=O) groups excluding carboxylic acids is 3. The van der Waals surface area contributed by atoms with E-state index in [2.05, 4.69) is 16.0 Å². The summed E-state index contributed by atoms with van der Waals surface area (Å²) in [4.78, 5) is 37.4. The monoisotopic (exact) mass is 477 g/mol. The van der Waals surface area contributed by atoms with Crippen LogP contribution in [0.25, 0.3) is 0 Å². The van der Waals surface area contributed by atoms with E-state index >= 15 is 0 Å². The van der Waals surface area contributed by atoms with Crippen LogP contribution in [-0.2, 0) is 11.3 Å². The summed E-state index contributed by atoms with van der Waals surface area (Å²) in [6.45, 7) is 2.25. The van der Waals surface area contributed by atoms with Crippen LogP contribution in [0.2, 0.25) is 0 Å². The van der Waals surface area contributed by atoms with Crippen molar-refractivity contribution in [2.45, 2.75) is 13.5 Å². The van der Waals surface area contributed by atoms with Crippen LogP contribution < -0.4 is 25.4 Å². The van der Waals surface area contributed by atoms with Crippen LogP contribution in [0.5, 0.6) is 11.5 Å². The molecule has 0 spiro atoms. The highest BCUT2D eigenvalue weighted by Gasteiger charge is 2.20. The number of methoxy groups -OCH3 is 2. The molecule has 0 aliphatic heterocycles. The number of anilines is 2. The molecule has 0 fully saturated rings. The maximum atomic E-state index is 12.9. The quantitative estimate of drug-likeness (QED) is 0.392. The SMILES string of the molecule is CCOC(=O)c1cc(OC)c(OC)cc1NC(=O)c1ccc(NC(=O)NCc2ccccc2)cc1. The zero-order valence-corrected chi connectivity index (χ0v) is 19.7. The average Bonchev–Trinajstić information content (AvgIpc) is 2.88. The minimum Gasteiger partial charge on any atom is -0.493 e. The van der Waals surface area contributed by atoms with E-state index in [0.717, 1.165) is 5.56 Å². The van der Waals surface area contributed by atoms with Crippen LogP contribution in [0.4, 0.5) is 16.2 Å². The van der Waals surface area contributed by atoms with Crippen molar-refractivity contribution >= 4 is 29.3 Å². The van der Waals surface area contributed by atoms with Crippen molar-refractivity contribution in [3.05, 3.63) is 83.4 Å². The Balaban J connectivity index is 1.68. The molecule has 0 aliphatic rings. The molecule has 0 saturated heterocycles. The van der Waals surface area contributed by atoms with E-state index in [-0.39, 0.29) is 23.9 Å². The van der Waals surface area contributed by atoms with Gasteiger partial charge in [-0.3, -0.25) is 4.79 Å². The van der Waals surface area contributed by atoms with Gasteiger partial charge in [-0.25, -0.2) is 9.59 Å². The van der Waals surface area contributed by atoms with Gasteiger partial charge in [0.05, 0.1) is 32.1 Å². The van der Waals surface area contributed by atoms with Gasteiger partial charge in [0.1, 0.15) is 0 Å². The molecule has 9 nitrogen and oxygen atoms in total. The Bertz CT molecular complexity index is 1180. The maximum absolute atomic E-state index is 12.9. The second-order valence-corrected chi connectivity index (χ2v) is 7.30. The summed E-state index contributed by atoms with van der Waals surface area (Å²) in [7, 11) is 2.90. The molecule has 0 aliphatic carbocycles. The second kappa shape index (κ2) is 12.1. The lowest BCUT2D eigenvalue weighted by atomic mass is 10.1. The smallest absolute Gasteiger partial charge is 0.340 e.